The zero-order chi connectivity index (χ0) is 11.1. The highest BCUT2D eigenvalue weighted by molar-refractivity contribution is 5.52. The second-order valence-electron chi connectivity index (χ2n) is 4.11. The van der Waals surface area contributed by atoms with E-state index in [0.717, 1.165) is 6.42 Å². The lowest BCUT2D eigenvalue weighted by molar-refractivity contribution is 0.704. The van der Waals surface area contributed by atoms with Crippen LogP contribution in [-0.4, -0.2) is 13.6 Å². The summed E-state index contributed by atoms with van der Waals surface area (Å²) in [5.74, 6) is 0. The van der Waals surface area contributed by atoms with Crippen molar-refractivity contribution in [1.82, 2.24) is 0 Å². The number of nitrogens with zero attached hydrogens (tertiary/aromatic N) is 1. The van der Waals surface area contributed by atoms with E-state index in [1.807, 2.05) is 0 Å². The van der Waals surface area contributed by atoms with Gasteiger partial charge in [0.2, 0.25) is 0 Å². The van der Waals surface area contributed by atoms with E-state index in [4.69, 9.17) is 0 Å². The molecule has 0 aliphatic rings. The van der Waals surface area contributed by atoms with Gasteiger partial charge in [-0.3, -0.25) is 0 Å². The molecule has 0 unspecified atom stereocenters. The minimum Gasteiger partial charge on any atom is -0.374 e. The maximum atomic E-state index is 2.38. The van der Waals surface area contributed by atoms with Crippen LogP contribution in [0.4, 0.5) is 5.69 Å². The number of para-hydroxylation sites is 1. The zero-order valence-electron chi connectivity index (χ0n) is 10.3. The summed E-state index contributed by atoms with van der Waals surface area (Å²) in [5, 5.41) is 0. The first-order valence-corrected chi connectivity index (χ1v) is 6.08. The molecule has 0 saturated carbocycles. The summed E-state index contributed by atoms with van der Waals surface area (Å²) in [6, 6.07) is 8.71. The van der Waals surface area contributed by atoms with E-state index in [-0.39, 0.29) is 0 Å². The lowest BCUT2D eigenvalue weighted by atomic mass is 10.1. The molecule has 1 heteroatoms. The van der Waals surface area contributed by atoms with Crippen LogP contribution in [-0.2, 0) is 6.42 Å². The van der Waals surface area contributed by atoms with Crippen LogP contribution in [0.15, 0.2) is 24.3 Å². The Balaban J connectivity index is 2.59. The van der Waals surface area contributed by atoms with Gasteiger partial charge in [0.05, 0.1) is 0 Å². The van der Waals surface area contributed by atoms with Gasteiger partial charge in [-0.1, -0.05) is 44.9 Å². The van der Waals surface area contributed by atoms with E-state index < -0.39 is 0 Å². The molecule has 0 atom stereocenters. The largest absolute Gasteiger partial charge is 0.374 e. The van der Waals surface area contributed by atoms with Crippen LogP contribution in [0.5, 0.6) is 0 Å². The lowest BCUT2D eigenvalue weighted by Crippen LogP contribution is -2.19. The predicted octanol–water partition coefficient (Wildman–Crippen LogP) is 3.88. The van der Waals surface area contributed by atoms with E-state index in [1.54, 1.807) is 0 Å². The molecule has 0 N–H and O–H groups in total. The molecule has 84 valence electrons. The van der Waals surface area contributed by atoms with Gasteiger partial charge in [0.15, 0.2) is 0 Å². The maximum Gasteiger partial charge on any atom is 0.0396 e. The van der Waals surface area contributed by atoms with Crippen LogP contribution in [0.1, 0.15) is 38.7 Å². The van der Waals surface area contributed by atoms with Crippen molar-refractivity contribution >= 4 is 5.69 Å². The number of benzene rings is 1. The molecule has 1 nitrogen and oxygen atoms in total. The quantitative estimate of drug-likeness (QED) is 0.637. The summed E-state index contributed by atoms with van der Waals surface area (Å²) < 4.78 is 0. The van der Waals surface area contributed by atoms with Gasteiger partial charge in [0.25, 0.3) is 0 Å². The van der Waals surface area contributed by atoms with Crippen LogP contribution < -0.4 is 4.90 Å². The minimum absolute atomic E-state index is 1.12. The molecule has 1 aromatic carbocycles. The Morgan fingerprint density at radius 3 is 2.47 bits per heavy atom. The van der Waals surface area contributed by atoms with Gasteiger partial charge >= 0.3 is 0 Å². The molecular formula is C14H23N. The van der Waals surface area contributed by atoms with E-state index >= 15 is 0 Å². The summed E-state index contributed by atoms with van der Waals surface area (Å²) in [5.41, 5.74) is 2.85. The highest BCUT2D eigenvalue weighted by atomic mass is 15.1. The van der Waals surface area contributed by atoms with E-state index in [2.05, 4.69) is 50.1 Å². The molecule has 0 aliphatic carbocycles. The van der Waals surface area contributed by atoms with Gasteiger partial charge in [-0.2, -0.15) is 0 Å². The van der Waals surface area contributed by atoms with Crippen molar-refractivity contribution < 1.29 is 0 Å². The van der Waals surface area contributed by atoms with Crippen LogP contribution in [0, 0.1) is 0 Å². The maximum absolute atomic E-state index is 2.38. The average Bonchev–Trinajstić information content (AvgIpc) is 2.29. The number of unbranched alkanes of at least 4 members (excludes halogenated alkanes) is 2. The summed E-state index contributed by atoms with van der Waals surface area (Å²) in [4.78, 5) is 2.38. The van der Waals surface area contributed by atoms with Crippen LogP contribution in [0.3, 0.4) is 0 Å². The Morgan fingerprint density at radius 2 is 1.80 bits per heavy atom. The Morgan fingerprint density at radius 1 is 1.07 bits per heavy atom. The minimum atomic E-state index is 1.12. The monoisotopic (exact) mass is 205 g/mol. The van der Waals surface area contributed by atoms with Crippen molar-refractivity contribution in [1.29, 1.82) is 0 Å². The number of hydrogen-bond acceptors (Lipinski definition) is 1. The smallest absolute Gasteiger partial charge is 0.0396 e. The highest BCUT2D eigenvalue weighted by Crippen LogP contribution is 2.19. The number of anilines is 1. The van der Waals surface area contributed by atoms with E-state index in [9.17, 15) is 0 Å². The third-order valence-corrected chi connectivity index (χ3v) is 2.88. The molecule has 0 aromatic heterocycles. The van der Waals surface area contributed by atoms with Crippen molar-refractivity contribution in [3.63, 3.8) is 0 Å². The molecule has 0 radical (unpaired) electrons. The summed E-state index contributed by atoms with van der Waals surface area (Å²) in [6.07, 6.45) is 5.04. The molecule has 1 rings (SSSR count). The standard InChI is InChI=1S/C14H23N/c1-4-6-9-12-15(3)14-11-8-7-10-13(14)5-2/h7-8,10-11H,4-6,9,12H2,1-3H3. The molecular weight excluding hydrogens is 182 g/mol. The van der Waals surface area contributed by atoms with Crippen molar-refractivity contribution in [3.05, 3.63) is 29.8 Å². The third-order valence-electron chi connectivity index (χ3n) is 2.88. The topological polar surface area (TPSA) is 3.24 Å². The number of rotatable bonds is 6. The van der Waals surface area contributed by atoms with Crippen molar-refractivity contribution in [3.8, 4) is 0 Å². The summed E-state index contributed by atoms with van der Waals surface area (Å²) in [6.45, 7) is 5.64. The fraction of sp³-hybridized carbons (Fsp3) is 0.571. The Kier molecular flexibility index (Phi) is 5.23. The van der Waals surface area contributed by atoms with Crippen molar-refractivity contribution in [2.75, 3.05) is 18.5 Å². The van der Waals surface area contributed by atoms with Gasteiger partial charge in [-0.15, -0.1) is 0 Å². The SMILES string of the molecule is CCCCCN(C)c1ccccc1CC. The van der Waals surface area contributed by atoms with Gasteiger partial charge in [-0.05, 0) is 24.5 Å². The fourth-order valence-corrected chi connectivity index (χ4v) is 1.90. The Bertz CT molecular complexity index is 280. The molecule has 0 heterocycles. The van der Waals surface area contributed by atoms with Crippen molar-refractivity contribution in [2.45, 2.75) is 39.5 Å². The van der Waals surface area contributed by atoms with E-state index in [1.165, 1.54) is 37.1 Å². The van der Waals surface area contributed by atoms with Gasteiger partial charge < -0.3 is 4.90 Å². The molecule has 0 spiro atoms. The molecule has 0 bridgehead atoms. The molecule has 0 saturated heterocycles. The highest BCUT2D eigenvalue weighted by Gasteiger charge is 2.04. The lowest BCUT2D eigenvalue weighted by Gasteiger charge is -2.22. The zero-order valence-corrected chi connectivity index (χ0v) is 10.3. The van der Waals surface area contributed by atoms with Gasteiger partial charge in [0.1, 0.15) is 0 Å². The van der Waals surface area contributed by atoms with Gasteiger partial charge in [-0.25, -0.2) is 0 Å². The second kappa shape index (κ2) is 6.49. The predicted molar refractivity (Wildman–Crippen MR) is 68.6 cm³/mol. The average molecular weight is 205 g/mol. The molecule has 1 aromatic rings. The first-order valence-electron chi connectivity index (χ1n) is 6.08. The fourth-order valence-electron chi connectivity index (χ4n) is 1.90. The molecule has 0 aliphatic heterocycles. The second-order valence-corrected chi connectivity index (χ2v) is 4.11. The van der Waals surface area contributed by atoms with Crippen LogP contribution in [0.25, 0.3) is 0 Å². The molecule has 0 amide bonds. The number of aryl methyl sites for hydroxylation is 1. The normalized spacial score (nSPS) is 10.3. The van der Waals surface area contributed by atoms with E-state index in [0.29, 0.717) is 0 Å². The summed E-state index contributed by atoms with van der Waals surface area (Å²) in [7, 11) is 2.20. The van der Waals surface area contributed by atoms with Gasteiger partial charge in [0, 0.05) is 19.3 Å². The third kappa shape index (κ3) is 3.58. The van der Waals surface area contributed by atoms with Crippen LogP contribution in [0.2, 0.25) is 0 Å². The summed E-state index contributed by atoms with van der Waals surface area (Å²) >= 11 is 0. The first-order chi connectivity index (χ1) is 7.29. The Labute approximate surface area is 94.1 Å². The van der Waals surface area contributed by atoms with Crippen LogP contribution >= 0.6 is 0 Å². The first kappa shape index (κ1) is 12.1. The molecule has 0 fully saturated rings. The number of hydrogen-bond donors (Lipinski definition) is 0. The van der Waals surface area contributed by atoms with Crippen molar-refractivity contribution in [2.24, 2.45) is 0 Å². The molecule has 15 heavy (non-hydrogen) atoms. The Hall–Kier alpha value is -0.980.